The van der Waals surface area contributed by atoms with Crippen molar-refractivity contribution >= 4 is 59.1 Å². The highest BCUT2D eigenvalue weighted by molar-refractivity contribution is 5.98. The molecule has 0 aromatic carbocycles. The highest BCUT2D eigenvalue weighted by Gasteiger charge is 2.52. The summed E-state index contributed by atoms with van der Waals surface area (Å²) in [4.78, 5) is 134. The van der Waals surface area contributed by atoms with Gasteiger partial charge in [0.25, 0.3) is 0 Å². The first-order valence-electron chi connectivity index (χ1n) is 27.8. The Kier molecular flexibility index (Phi) is 27.5. The van der Waals surface area contributed by atoms with Crippen molar-refractivity contribution in [1.29, 1.82) is 0 Å². The summed E-state index contributed by atoms with van der Waals surface area (Å²) < 4.78 is 23.1. The number of aliphatic hydroxyl groups is 6. The molecule has 474 valence electrons. The molecule has 83 heavy (non-hydrogen) atoms. The molecule has 0 saturated carbocycles. The molecular weight excluding hydrogens is 1100 g/mol. The molecule has 0 spiro atoms. The van der Waals surface area contributed by atoms with Gasteiger partial charge in [-0.2, -0.15) is 0 Å². The Hall–Kier alpha value is -5.74. The van der Waals surface area contributed by atoms with Gasteiger partial charge < -0.3 is 108 Å². The van der Waals surface area contributed by atoms with Gasteiger partial charge in [-0.3, -0.25) is 43.2 Å². The third kappa shape index (κ3) is 19.1. The highest BCUT2D eigenvalue weighted by atomic mass is 16.7. The van der Waals surface area contributed by atoms with Crippen molar-refractivity contribution in [2.24, 2.45) is 29.4 Å². The van der Waals surface area contributed by atoms with Crippen LogP contribution >= 0.6 is 0 Å². The zero-order valence-corrected chi connectivity index (χ0v) is 49.3. The number of aliphatic hydroxyl groups excluding tert-OH is 6. The van der Waals surface area contributed by atoms with E-state index in [4.69, 9.17) is 24.7 Å². The molecule has 0 bridgehead atoms. The minimum Gasteiger partial charge on any atom is -0.480 e. The number of ether oxygens (including phenoxy) is 4. The molecule has 3 fully saturated rings. The van der Waals surface area contributed by atoms with Crippen molar-refractivity contribution in [2.75, 3.05) is 19.8 Å². The third-order valence-corrected chi connectivity index (χ3v) is 14.6. The summed E-state index contributed by atoms with van der Waals surface area (Å²) >= 11 is 0. The van der Waals surface area contributed by atoms with Gasteiger partial charge in [-0.25, -0.2) is 4.79 Å². The standard InChI is InChI=1S/C52H90N10O21/c1-19(2)32(47(75)56-25(11)44(72)61-35(22(7)8)50(78)79)59-48(76)33(20(3)4)58-43(71)24(10)54-42(70)23(9)55-45(73)28-15-14-16-62(28)49(77)34(21(5)6)60-46(74)31(53)26(12)80-51-36(57-27(13)65)41(38(67)30(18-64)81-51)83-52-40(69)39(68)37(66)29(17-63)82-52/h19-26,28-41,51-52,63-64,66-69H,14-18,53H2,1-13H3,(H,54,70)(H,55,73)(H,56,75)(H,57,65)(H,58,71)(H,59,76)(H,60,74)(H,61,72)(H,78,79)/t23-,24-,25-,26+,28-,29+,30+,31-,32-,33-,34-,35-,36+,37-,38-,39-,40+,41+,51-,52-/m0/s1. The Balaban J connectivity index is 1.65. The summed E-state index contributed by atoms with van der Waals surface area (Å²) in [5, 5.41) is 92.0. The topological polar surface area (TPSA) is 475 Å². The quantitative estimate of drug-likeness (QED) is 0.0346. The lowest BCUT2D eigenvalue weighted by molar-refractivity contribution is -0.347. The number of nitrogens with zero attached hydrogens (tertiary/aromatic N) is 1. The maximum absolute atomic E-state index is 14.2. The van der Waals surface area contributed by atoms with Crippen molar-refractivity contribution in [3.8, 4) is 0 Å². The highest BCUT2D eigenvalue weighted by Crippen LogP contribution is 2.31. The second-order valence-electron chi connectivity index (χ2n) is 22.7. The van der Waals surface area contributed by atoms with Crippen molar-refractivity contribution in [2.45, 2.75) is 225 Å². The molecule has 0 aromatic heterocycles. The van der Waals surface area contributed by atoms with Crippen LogP contribution in [0.2, 0.25) is 0 Å². The molecule has 0 aromatic rings. The molecule has 31 heteroatoms. The molecule has 0 unspecified atom stereocenters. The van der Waals surface area contributed by atoms with Crippen LogP contribution in [0.5, 0.6) is 0 Å². The van der Waals surface area contributed by atoms with Crippen molar-refractivity contribution in [1.82, 2.24) is 47.4 Å². The molecule has 0 radical (unpaired) electrons. The van der Waals surface area contributed by atoms with Gasteiger partial charge in [0.1, 0.15) is 103 Å². The van der Waals surface area contributed by atoms with E-state index in [9.17, 15) is 83.7 Å². The number of nitrogens with two attached hydrogens (primary N) is 1. The lowest BCUT2D eigenvalue weighted by Gasteiger charge is -2.48. The smallest absolute Gasteiger partial charge is 0.326 e. The van der Waals surface area contributed by atoms with Crippen LogP contribution < -0.4 is 48.3 Å². The number of nitrogens with one attached hydrogen (secondary N) is 8. The number of rotatable bonds is 28. The summed E-state index contributed by atoms with van der Waals surface area (Å²) in [5.41, 5.74) is 6.38. The summed E-state index contributed by atoms with van der Waals surface area (Å²) in [6, 6.07) is -12.8. The molecule has 9 amide bonds. The molecule has 0 aliphatic carbocycles. The SMILES string of the molecule is CC(=O)N[C@H]1[C@@H](O[C@H](C)[C@H](N)C(=O)N[C@H](C(=O)N2CCC[C@H]2C(=O)N[C@@H](C)C(=O)N[C@@H](C)C(=O)N[C@H](C(=O)N[C@H](C(=O)N[C@@H](C)C(=O)N[C@H](C(=O)O)C(C)C)C(C)C)C(C)C)C(C)C)O[C@H](CO)[C@H](O)[C@@H]1O[C@@H]1O[C@H](CO)[C@H](O)[C@H](O)[C@H]1O. The molecular formula is C52H90N10O21. The van der Waals surface area contributed by atoms with E-state index in [1.54, 1.807) is 55.4 Å². The molecule has 3 aliphatic heterocycles. The van der Waals surface area contributed by atoms with Crippen molar-refractivity contribution < 1.29 is 103 Å². The minimum absolute atomic E-state index is 0.0873. The molecule has 17 N–H and O–H groups in total. The van der Waals surface area contributed by atoms with Crippen LogP contribution in [0, 0.1) is 23.7 Å². The summed E-state index contributed by atoms with van der Waals surface area (Å²) in [5.74, 6) is -10.2. The predicted molar refractivity (Wildman–Crippen MR) is 289 cm³/mol. The monoisotopic (exact) mass is 1190 g/mol. The van der Waals surface area contributed by atoms with Gasteiger partial charge in [-0.15, -0.1) is 0 Å². The fraction of sp³-hybridized carbons (Fsp3) is 0.808. The van der Waals surface area contributed by atoms with Crippen molar-refractivity contribution in [3.05, 3.63) is 0 Å². The van der Waals surface area contributed by atoms with E-state index in [1.807, 2.05) is 0 Å². The number of hydrogen-bond donors (Lipinski definition) is 16. The Bertz CT molecular complexity index is 2260. The summed E-state index contributed by atoms with van der Waals surface area (Å²) in [7, 11) is 0. The molecule has 3 saturated heterocycles. The average Bonchev–Trinajstić information content (AvgIpc) is 3.85. The molecule has 31 nitrogen and oxygen atoms in total. The van der Waals surface area contributed by atoms with Gasteiger partial charge in [0, 0.05) is 13.5 Å². The van der Waals surface area contributed by atoms with Crippen LogP contribution in [0.25, 0.3) is 0 Å². The number of carbonyl (C=O) groups is 10. The summed E-state index contributed by atoms with van der Waals surface area (Å²) in [6.45, 7) is 17.9. The van der Waals surface area contributed by atoms with Crippen LogP contribution in [0.15, 0.2) is 0 Å². The minimum atomic E-state index is -1.93. The van der Waals surface area contributed by atoms with Crippen LogP contribution in [0.1, 0.15) is 103 Å². The zero-order chi connectivity index (χ0) is 63.2. The van der Waals surface area contributed by atoms with E-state index in [0.717, 1.165) is 6.92 Å². The van der Waals surface area contributed by atoms with Gasteiger partial charge in [-0.1, -0.05) is 55.4 Å². The van der Waals surface area contributed by atoms with E-state index in [0.29, 0.717) is 6.42 Å². The molecule has 20 atom stereocenters. The first-order valence-corrected chi connectivity index (χ1v) is 27.8. The maximum Gasteiger partial charge on any atom is 0.326 e. The molecule has 3 heterocycles. The fourth-order valence-electron chi connectivity index (χ4n) is 9.35. The third-order valence-electron chi connectivity index (χ3n) is 14.6. The number of amides is 9. The predicted octanol–water partition coefficient (Wildman–Crippen LogP) is -6.36. The largest absolute Gasteiger partial charge is 0.480 e. The number of hydrogen-bond acceptors (Lipinski definition) is 21. The van der Waals surface area contributed by atoms with Crippen LogP contribution in [0.4, 0.5) is 0 Å². The maximum atomic E-state index is 14.2. The molecule has 3 aliphatic rings. The van der Waals surface area contributed by atoms with Gasteiger partial charge in [0.2, 0.25) is 53.2 Å². The summed E-state index contributed by atoms with van der Waals surface area (Å²) in [6.07, 6.45) is -16.1. The van der Waals surface area contributed by atoms with Crippen LogP contribution in [-0.4, -0.2) is 241 Å². The lowest BCUT2D eigenvalue weighted by atomic mass is 9.95. The first kappa shape index (κ1) is 71.5. The number of carbonyl (C=O) groups excluding carboxylic acids is 9. The van der Waals surface area contributed by atoms with Gasteiger partial charge >= 0.3 is 5.97 Å². The van der Waals surface area contributed by atoms with Crippen molar-refractivity contribution in [3.63, 3.8) is 0 Å². The number of aliphatic carboxylic acids is 1. The van der Waals surface area contributed by atoms with E-state index >= 15 is 0 Å². The Labute approximate surface area is 481 Å². The van der Waals surface area contributed by atoms with E-state index < -0.39 is 218 Å². The normalized spacial score (nSPS) is 27.9. The average molecular weight is 1190 g/mol. The lowest BCUT2D eigenvalue weighted by Crippen LogP contribution is -2.68. The van der Waals surface area contributed by atoms with Gasteiger partial charge in [-0.05, 0) is 64.2 Å². The van der Waals surface area contributed by atoms with E-state index in [1.165, 1.54) is 32.6 Å². The van der Waals surface area contributed by atoms with Crippen LogP contribution in [-0.2, 0) is 66.9 Å². The Morgan fingerprint density at radius 3 is 1.48 bits per heavy atom. The second-order valence-corrected chi connectivity index (χ2v) is 22.7. The Morgan fingerprint density at radius 1 is 0.554 bits per heavy atom. The fourth-order valence-corrected chi connectivity index (χ4v) is 9.35. The Morgan fingerprint density at radius 2 is 0.988 bits per heavy atom. The molecule has 3 rings (SSSR count). The number of carboxylic acid groups (broad SMARTS) is 1. The van der Waals surface area contributed by atoms with Crippen LogP contribution in [0.3, 0.4) is 0 Å². The first-order chi connectivity index (χ1) is 38.6. The number of carboxylic acids is 1. The zero-order valence-electron chi connectivity index (χ0n) is 49.3. The van der Waals surface area contributed by atoms with Gasteiger partial charge in [0.05, 0.1) is 19.3 Å². The second kappa shape index (κ2) is 32.0. The van der Waals surface area contributed by atoms with E-state index in [-0.39, 0.29) is 13.0 Å². The number of likely N-dealkylation sites (tertiary alicyclic amines) is 1. The van der Waals surface area contributed by atoms with Gasteiger partial charge in [0.15, 0.2) is 12.6 Å². The van der Waals surface area contributed by atoms with E-state index in [2.05, 4.69) is 42.5 Å².